The van der Waals surface area contributed by atoms with Crippen LogP contribution in [-0.4, -0.2) is 61.4 Å². The maximum Gasteiger partial charge on any atom is 0.288 e. The van der Waals surface area contributed by atoms with Crippen molar-refractivity contribution in [3.8, 4) is 0 Å². The molecular weight excluding hydrogens is 244 g/mol. The van der Waals surface area contributed by atoms with Crippen molar-refractivity contribution in [3.05, 3.63) is 12.2 Å². The molecule has 1 unspecified atom stereocenters. The Bertz CT molecular complexity index is 436. The lowest BCUT2D eigenvalue weighted by atomic mass is 10.00. The minimum Gasteiger partial charge on any atom is -0.396 e. The van der Waals surface area contributed by atoms with Crippen molar-refractivity contribution in [1.29, 1.82) is 0 Å². The van der Waals surface area contributed by atoms with E-state index in [1.807, 2.05) is 0 Å². The van der Waals surface area contributed by atoms with E-state index in [9.17, 15) is 9.90 Å². The Kier molecular flexibility index (Phi) is 3.57. The average Bonchev–Trinajstić information content (AvgIpc) is 2.93. The molecule has 1 aromatic heterocycles. The van der Waals surface area contributed by atoms with E-state index in [1.54, 1.807) is 0 Å². The minimum absolute atomic E-state index is 0.196. The molecule has 1 fully saturated rings. The summed E-state index contributed by atoms with van der Waals surface area (Å²) in [5.41, 5.74) is 5.01. The van der Waals surface area contributed by atoms with Gasteiger partial charge in [-0.05, 0) is 0 Å². The summed E-state index contributed by atoms with van der Waals surface area (Å²) in [4.78, 5) is 14.5. The van der Waals surface area contributed by atoms with Crippen LogP contribution in [0, 0.1) is 5.92 Å². The molecule has 2 heterocycles. The highest BCUT2D eigenvalue weighted by Gasteiger charge is 2.44. The second kappa shape index (κ2) is 4.98. The molecule has 0 saturated carbocycles. The molecule has 9 nitrogen and oxygen atoms in total. The summed E-state index contributed by atoms with van der Waals surface area (Å²) in [6, 6.07) is 0. The van der Waals surface area contributed by atoms with Crippen molar-refractivity contribution < 1.29 is 24.9 Å². The molecule has 0 aliphatic carbocycles. The number of nitrogens with two attached hydrogens (primary N) is 1. The first-order chi connectivity index (χ1) is 8.58. The topological polar surface area (TPSA) is 144 Å². The van der Waals surface area contributed by atoms with Crippen LogP contribution >= 0.6 is 0 Å². The van der Waals surface area contributed by atoms with E-state index in [4.69, 9.17) is 20.7 Å². The number of nitrogens with zero attached hydrogens (tertiary/aromatic N) is 3. The number of primary amides is 1. The number of aliphatic hydroxyl groups excluding tert-OH is 3. The number of aliphatic hydroxyl groups is 3. The van der Waals surface area contributed by atoms with Crippen LogP contribution < -0.4 is 5.73 Å². The number of hydrogen-bond acceptors (Lipinski definition) is 7. The van der Waals surface area contributed by atoms with Crippen molar-refractivity contribution in [2.45, 2.75) is 18.4 Å². The highest BCUT2D eigenvalue weighted by atomic mass is 16.5. The smallest absolute Gasteiger partial charge is 0.288 e. The van der Waals surface area contributed by atoms with Gasteiger partial charge in [-0.25, -0.2) is 9.67 Å². The Morgan fingerprint density at radius 3 is 2.67 bits per heavy atom. The normalized spacial score (nSPS) is 31.7. The van der Waals surface area contributed by atoms with E-state index in [0.717, 1.165) is 4.68 Å². The summed E-state index contributed by atoms with van der Waals surface area (Å²) in [5, 5.41) is 31.9. The zero-order chi connectivity index (χ0) is 13.3. The summed E-state index contributed by atoms with van der Waals surface area (Å²) < 4.78 is 6.50. The molecule has 5 N–H and O–H groups in total. The van der Waals surface area contributed by atoms with Gasteiger partial charge in [-0.1, -0.05) is 0 Å². The molecule has 2 rings (SSSR count). The van der Waals surface area contributed by atoms with Gasteiger partial charge in [0.25, 0.3) is 5.91 Å². The molecule has 1 aliphatic rings. The lowest BCUT2D eigenvalue weighted by molar-refractivity contribution is -0.0579. The van der Waals surface area contributed by atoms with Gasteiger partial charge >= 0.3 is 0 Å². The van der Waals surface area contributed by atoms with Gasteiger partial charge < -0.3 is 25.8 Å². The molecule has 0 spiro atoms. The molecule has 0 radical (unpaired) electrons. The van der Waals surface area contributed by atoms with Gasteiger partial charge in [0.15, 0.2) is 6.23 Å². The average molecular weight is 258 g/mol. The lowest BCUT2D eigenvalue weighted by Crippen LogP contribution is -2.31. The van der Waals surface area contributed by atoms with Crippen LogP contribution in [0.15, 0.2) is 6.33 Å². The highest BCUT2D eigenvalue weighted by Crippen LogP contribution is 2.32. The van der Waals surface area contributed by atoms with Crippen LogP contribution in [-0.2, 0) is 4.74 Å². The van der Waals surface area contributed by atoms with Crippen LogP contribution in [0.4, 0.5) is 0 Å². The number of carbonyl (C=O) groups is 1. The zero-order valence-electron chi connectivity index (χ0n) is 9.38. The third kappa shape index (κ3) is 2.08. The number of amides is 1. The number of hydrogen-bond donors (Lipinski definition) is 4. The van der Waals surface area contributed by atoms with Gasteiger partial charge in [-0.15, -0.1) is 5.10 Å². The number of carbonyl (C=O) groups excluding carboxylic acids is 1. The third-order valence-corrected chi connectivity index (χ3v) is 2.90. The van der Waals surface area contributed by atoms with Gasteiger partial charge in [0.05, 0.1) is 19.3 Å². The molecule has 0 aromatic carbocycles. The number of aromatic nitrogens is 3. The van der Waals surface area contributed by atoms with Crippen molar-refractivity contribution in [2.24, 2.45) is 11.7 Å². The van der Waals surface area contributed by atoms with E-state index >= 15 is 0 Å². The molecule has 18 heavy (non-hydrogen) atoms. The standard InChI is InChI=1S/C9H14N4O5/c10-7(17)8-11-3-13(12-8)9-6(16)4(1-14)5(2-15)18-9/h3-6,9,14-16H,1-2H2,(H2,10,17)/t4?,5-,6+,9-/m1/s1. The summed E-state index contributed by atoms with van der Waals surface area (Å²) in [6.07, 6.45) is -1.48. The van der Waals surface area contributed by atoms with Crippen molar-refractivity contribution in [1.82, 2.24) is 14.8 Å². The first-order valence-corrected chi connectivity index (χ1v) is 5.34. The number of ether oxygens (including phenoxy) is 1. The molecule has 4 atom stereocenters. The molecule has 1 aromatic rings. The minimum atomic E-state index is -1.06. The Labute approximate surface area is 102 Å². The molecule has 0 bridgehead atoms. The SMILES string of the molecule is NC(=O)c1ncn([C@@H]2O[C@H](CO)C(CO)[C@@H]2O)n1. The maximum absolute atomic E-state index is 10.9. The predicted molar refractivity (Wildman–Crippen MR) is 56.1 cm³/mol. The molecule has 1 saturated heterocycles. The zero-order valence-corrected chi connectivity index (χ0v) is 9.38. The van der Waals surface area contributed by atoms with Gasteiger partial charge in [0.1, 0.15) is 12.4 Å². The first kappa shape index (κ1) is 12.9. The van der Waals surface area contributed by atoms with E-state index in [2.05, 4.69) is 10.1 Å². The third-order valence-electron chi connectivity index (χ3n) is 2.90. The predicted octanol–water partition coefficient (Wildman–Crippen LogP) is -2.76. The van der Waals surface area contributed by atoms with Gasteiger partial charge in [-0.2, -0.15) is 0 Å². The molecule has 9 heteroatoms. The van der Waals surface area contributed by atoms with Gasteiger partial charge in [0, 0.05) is 5.92 Å². The fraction of sp³-hybridized carbons (Fsp3) is 0.667. The van der Waals surface area contributed by atoms with Gasteiger partial charge in [-0.3, -0.25) is 4.79 Å². The summed E-state index contributed by atoms with van der Waals surface area (Å²) in [6.45, 7) is -0.670. The van der Waals surface area contributed by atoms with Crippen molar-refractivity contribution in [3.63, 3.8) is 0 Å². The largest absolute Gasteiger partial charge is 0.396 e. The van der Waals surface area contributed by atoms with Crippen molar-refractivity contribution >= 4 is 5.91 Å². The summed E-state index contributed by atoms with van der Waals surface area (Å²) in [7, 11) is 0. The van der Waals surface area contributed by atoms with Crippen molar-refractivity contribution in [2.75, 3.05) is 13.2 Å². The molecule has 1 aliphatic heterocycles. The maximum atomic E-state index is 10.9. The number of rotatable bonds is 4. The van der Waals surface area contributed by atoms with E-state index in [0.29, 0.717) is 0 Å². The Balaban J connectivity index is 2.20. The van der Waals surface area contributed by atoms with Crippen LogP contribution in [0.2, 0.25) is 0 Å². The van der Waals surface area contributed by atoms with Crippen LogP contribution in [0.1, 0.15) is 16.8 Å². The quantitative estimate of drug-likeness (QED) is 0.457. The summed E-state index contributed by atoms with van der Waals surface area (Å²) in [5.74, 6) is -1.61. The molecule has 100 valence electrons. The molecule has 1 amide bonds. The van der Waals surface area contributed by atoms with E-state index < -0.39 is 30.3 Å². The van der Waals surface area contributed by atoms with Crippen LogP contribution in [0.3, 0.4) is 0 Å². The van der Waals surface area contributed by atoms with Crippen LogP contribution in [0.5, 0.6) is 0 Å². The Morgan fingerprint density at radius 1 is 1.50 bits per heavy atom. The fourth-order valence-electron chi connectivity index (χ4n) is 1.93. The van der Waals surface area contributed by atoms with Gasteiger partial charge in [0.2, 0.25) is 5.82 Å². The fourth-order valence-corrected chi connectivity index (χ4v) is 1.93. The lowest BCUT2D eigenvalue weighted by Gasteiger charge is -2.15. The highest BCUT2D eigenvalue weighted by molar-refractivity contribution is 5.88. The summed E-state index contributed by atoms with van der Waals surface area (Å²) >= 11 is 0. The van der Waals surface area contributed by atoms with E-state index in [-0.39, 0.29) is 19.0 Å². The first-order valence-electron chi connectivity index (χ1n) is 5.34. The Morgan fingerprint density at radius 2 is 2.22 bits per heavy atom. The Hall–Kier alpha value is -1.55. The second-order valence-corrected chi connectivity index (χ2v) is 4.00. The van der Waals surface area contributed by atoms with E-state index in [1.165, 1.54) is 6.33 Å². The monoisotopic (exact) mass is 258 g/mol. The van der Waals surface area contributed by atoms with Crippen LogP contribution in [0.25, 0.3) is 0 Å². The second-order valence-electron chi connectivity index (χ2n) is 4.00. The molecular formula is C9H14N4O5.